The number of thiazole rings is 1. The fourth-order valence-electron chi connectivity index (χ4n) is 2.51. The van der Waals surface area contributed by atoms with E-state index >= 15 is 0 Å². The molecule has 0 bridgehead atoms. The van der Waals surface area contributed by atoms with Crippen LogP contribution in [0.4, 0.5) is 5.13 Å². The molecule has 3 rings (SSSR count). The number of carbonyl (C=O) groups is 1. The number of nitrogens with zero attached hydrogens (tertiary/aromatic N) is 2. The van der Waals surface area contributed by atoms with E-state index in [4.69, 9.17) is 14.2 Å². The number of anilines is 1. The summed E-state index contributed by atoms with van der Waals surface area (Å²) >= 11 is 1.46. The van der Waals surface area contributed by atoms with Gasteiger partial charge in [-0.15, -0.1) is 11.3 Å². The van der Waals surface area contributed by atoms with Gasteiger partial charge in [0.2, 0.25) is 5.13 Å². The maximum Gasteiger partial charge on any atom is 0.344 e. The highest BCUT2D eigenvalue weighted by molar-refractivity contribution is 7.14. The van der Waals surface area contributed by atoms with Gasteiger partial charge in [0, 0.05) is 16.5 Å². The average molecular weight is 411 g/mol. The van der Waals surface area contributed by atoms with Crippen molar-refractivity contribution >= 4 is 28.7 Å². The second-order valence-corrected chi connectivity index (χ2v) is 6.60. The number of methoxy groups -OCH3 is 1. The van der Waals surface area contributed by atoms with Crippen molar-refractivity contribution in [3.63, 3.8) is 0 Å². The standard InChI is InChI=1S/C21H21N3O4S/c1-3-27-19(25)13-28-20-16(10-7-11-18(20)26-2)12-22-24-21-23-17(14-29-21)15-8-5-4-6-9-15/h4-12,14H,3,13H2,1-2H3,(H,23,24). The van der Waals surface area contributed by atoms with Crippen LogP contribution in [0.2, 0.25) is 0 Å². The van der Waals surface area contributed by atoms with Crippen molar-refractivity contribution in [3.05, 3.63) is 59.5 Å². The van der Waals surface area contributed by atoms with Crippen molar-refractivity contribution < 1.29 is 19.0 Å². The number of hydrazone groups is 1. The third kappa shape index (κ3) is 5.55. The fraction of sp³-hybridized carbons (Fsp3) is 0.190. The lowest BCUT2D eigenvalue weighted by Crippen LogP contribution is -2.15. The molecule has 7 nitrogen and oxygen atoms in total. The van der Waals surface area contributed by atoms with Gasteiger partial charge in [-0.05, 0) is 19.1 Å². The highest BCUT2D eigenvalue weighted by Gasteiger charge is 2.12. The van der Waals surface area contributed by atoms with E-state index in [0.717, 1.165) is 11.3 Å². The molecule has 0 spiro atoms. The van der Waals surface area contributed by atoms with Crippen molar-refractivity contribution in [1.29, 1.82) is 0 Å². The summed E-state index contributed by atoms with van der Waals surface area (Å²) in [6.45, 7) is 1.83. The molecule has 0 saturated carbocycles. The molecular formula is C21H21N3O4S. The first-order valence-corrected chi connectivity index (χ1v) is 9.84. The van der Waals surface area contributed by atoms with Crippen molar-refractivity contribution in [2.45, 2.75) is 6.92 Å². The third-order valence-corrected chi connectivity index (χ3v) is 4.55. The predicted octanol–water partition coefficient (Wildman–Crippen LogP) is 4.21. The van der Waals surface area contributed by atoms with Crippen molar-refractivity contribution in [3.8, 4) is 22.8 Å². The summed E-state index contributed by atoms with van der Waals surface area (Å²) in [6, 6.07) is 15.3. The second-order valence-electron chi connectivity index (χ2n) is 5.75. The van der Waals surface area contributed by atoms with Gasteiger partial charge in [0.15, 0.2) is 18.1 Å². The molecule has 1 N–H and O–H groups in total. The highest BCUT2D eigenvalue weighted by atomic mass is 32.1. The van der Waals surface area contributed by atoms with Crippen LogP contribution in [-0.2, 0) is 9.53 Å². The van der Waals surface area contributed by atoms with Crippen LogP contribution in [0.25, 0.3) is 11.3 Å². The first-order valence-electron chi connectivity index (χ1n) is 8.96. The molecule has 1 heterocycles. The number of para-hydroxylation sites is 1. The van der Waals surface area contributed by atoms with E-state index in [1.807, 2.05) is 47.8 Å². The quantitative estimate of drug-likeness (QED) is 0.323. The maximum atomic E-state index is 11.6. The van der Waals surface area contributed by atoms with Gasteiger partial charge in [-0.1, -0.05) is 36.4 Å². The number of carbonyl (C=O) groups excluding carboxylic acids is 1. The molecule has 0 aliphatic rings. The van der Waals surface area contributed by atoms with Gasteiger partial charge in [0.05, 0.1) is 25.6 Å². The van der Waals surface area contributed by atoms with Gasteiger partial charge < -0.3 is 14.2 Å². The van der Waals surface area contributed by atoms with Crippen LogP contribution in [0.5, 0.6) is 11.5 Å². The zero-order chi connectivity index (χ0) is 20.5. The molecule has 0 atom stereocenters. The van der Waals surface area contributed by atoms with E-state index in [1.54, 1.807) is 19.2 Å². The van der Waals surface area contributed by atoms with Crippen LogP contribution in [0.1, 0.15) is 12.5 Å². The first kappa shape index (κ1) is 20.3. The summed E-state index contributed by atoms with van der Waals surface area (Å²) in [5.74, 6) is 0.465. The number of hydrogen-bond acceptors (Lipinski definition) is 8. The molecule has 29 heavy (non-hydrogen) atoms. The molecule has 3 aromatic rings. The molecule has 0 amide bonds. The third-order valence-electron chi connectivity index (χ3n) is 3.81. The number of esters is 1. The van der Waals surface area contributed by atoms with Crippen molar-refractivity contribution in [1.82, 2.24) is 4.98 Å². The van der Waals surface area contributed by atoms with Crippen LogP contribution in [0, 0.1) is 0 Å². The van der Waals surface area contributed by atoms with Crippen LogP contribution < -0.4 is 14.9 Å². The second kappa shape index (κ2) is 10.2. The molecule has 2 aromatic carbocycles. The van der Waals surface area contributed by atoms with E-state index in [0.29, 0.717) is 28.8 Å². The Hall–Kier alpha value is -3.39. The summed E-state index contributed by atoms with van der Waals surface area (Å²) in [5.41, 5.74) is 5.50. The van der Waals surface area contributed by atoms with Gasteiger partial charge in [-0.3, -0.25) is 5.43 Å². The Morgan fingerprint density at radius 2 is 2.03 bits per heavy atom. The lowest BCUT2D eigenvalue weighted by atomic mass is 10.2. The zero-order valence-corrected chi connectivity index (χ0v) is 16.9. The SMILES string of the molecule is CCOC(=O)COc1c(C=NNc2nc(-c3ccccc3)cs2)cccc1OC. The minimum absolute atomic E-state index is 0.213. The molecule has 0 radical (unpaired) electrons. The van der Waals surface area contributed by atoms with Crippen LogP contribution in [-0.4, -0.2) is 37.5 Å². The minimum atomic E-state index is -0.448. The Bertz CT molecular complexity index is 973. The highest BCUT2D eigenvalue weighted by Crippen LogP contribution is 2.30. The van der Waals surface area contributed by atoms with Gasteiger partial charge in [-0.2, -0.15) is 5.10 Å². The van der Waals surface area contributed by atoms with E-state index < -0.39 is 5.97 Å². The molecule has 0 aliphatic heterocycles. The van der Waals surface area contributed by atoms with Crippen molar-refractivity contribution in [2.75, 3.05) is 25.7 Å². The number of benzene rings is 2. The van der Waals surface area contributed by atoms with Gasteiger partial charge in [0.1, 0.15) is 0 Å². The number of hydrogen-bond donors (Lipinski definition) is 1. The van der Waals surface area contributed by atoms with Crippen molar-refractivity contribution in [2.24, 2.45) is 5.10 Å². The largest absolute Gasteiger partial charge is 0.493 e. The Morgan fingerprint density at radius 3 is 2.79 bits per heavy atom. The zero-order valence-electron chi connectivity index (χ0n) is 16.1. The smallest absolute Gasteiger partial charge is 0.344 e. The summed E-state index contributed by atoms with van der Waals surface area (Å²) in [5, 5.41) is 6.87. The summed E-state index contributed by atoms with van der Waals surface area (Å²) in [6.07, 6.45) is 1.59. The molecular weight excluding hydrogens is 390 g/mol. The Kier molecular flexibility index (Phi) is 7.18. The summed E-state index contributed by atoms with van der Waals surface area (Å²) < 4.78 is 15.8. The molecule has 0 fully saturated rings. The lowest BCUT2D eigenvalue weighted by molar-refractivity contribution is -0.145. The molecule has 0 aliphatic carbocycles. The Labute approximate surface area is 173 Å². The van der Waals surface area contributed by atoms with Crippen LogP contribution in [0.15, 0.2) is 59.0 Å². The Balaban J connectivity index is 1.70. The van der Waals surface area contributed by atoms with Gasteiger partial charge in [0.25, 0.3) is 0 Å². The normalized spacial score (nSPS) is 10.7. The fourth-order valence-corrected chi connectivity index (χ4v) is 3.18. The molecule has 150 valence electrons. The number of nitrogens with one attached hydrogen (secondary N) is 1. The van der Waals surface area contributed by atoms with Gasteiger partial charge >= 0.3 is 5.97 Å². The Morgan fingerprint density at radius 1 is 1.21 bits per heavy atom. The lowest BCUT2D eigenvalue weighted by Gasteiger charge is -2.12. The predicted molar refractivity (Wildman–Crippen MR) is 114 cm³/mol. The number of rotatable bonds is 9. The van der Waals surface area contributed by atoms with E-state index in [-0.39, 0.29) is 6.61 Å². The van der Waals surface area contributed by atoms with E-state index in [2.05, 4.69) is 15.5 Å². The van der Waals surface area contributed by atoms with Crippen LogP contribution in [0.3, 0.4) is 0 Å². The van der Waals surface area contributed by atoms with E-state index in [9.17, 15) is 4.79 Å². The molecule has 8 heteroatoms. The average Bonchev–Trinajstić information content (AvgIpc) is 3.22. The number of ether oxygens (including phenoxy) is 3. The minimum Gasteiger partial charge on any atom is -0.493 e. The topological polar surface area (TPSA) is 82.0 Å². The van der Waals surface area contributed by atoms with Crippen LogP contribution >= 0.6 is 11.3 Å². The summed E-state index contributed by atoms with van der Waals surface area (Å²) in [7, 11) is 1.53. The van der Waals surface area contributed by atoms with Gasteiger partial charge in [-0.25, -0.2) is 9.78 Å². The molecule has 0 saturated heterocycles. The van der Waals surface area contributed by atoms with E-state index in [1.165, 1.54) is 18.4 Å². The maximum absolute atomic E-state index is 11.6. The first-order chi connectivity index (χ1) is 14.2. The summed E-state index contributed by atoms with van der Waals surface area (Å²) in [4.78, 5) is 16.1. The molecule has 0 unspecified atom stereocenters. The molecule has 1 aromatic heterocycles. The number of aromatic nitrogens is 1. The monoisotopic (exact) mass is 411 g/mol.